The van der Waals surface area contributed by atoms with E-state index in [0.29, 0.717) is 31.1 Å². The van der Waals surface area contributed by atoms with Gasteiger partial charge in [0, 0.05) is 25.8 Å². The van der Waals surface area contributed by atoms with E-state index in [-0.39, 0.29) is 29.4 Å². The monoisotopic (exact) mass is 373 g/mol. The second kappa shape index (κ2) is 7.51. The summed E-state index contributed by atoms with van der Waals surface area (Å²) in [5.41, 5.74) is 1.07. The zero-order valence-corrected chi connectivity index (χ0v) is 15.3. The van der Waals surface area contributed by atoms with Crippen molar-refractivity contribution in [3.05, 3.63) is 29.0 Å². The van der Waals surface area contributed by atoms with E-state index in [0.717, 1.165) is 38.0 Å². The van der Waals surface area contributed by atoms with Gasteiger partial charge in [0.2, 0.25) is 0 Å². The Morgan fingerprint density at radius 3 is 2.93 bits per heavy atom. The van der Waals surface area contributed by atoms with E-state index in [4.69, 9.17) is 9.26 Å². The molecule has 9 nitrogen and oxygen atoms in total. The van der Waals surface area contributed by atoms with Gasteiger partial charge in [0.1, 0.15) is 5.76 Å². The molecule has 27 heavy (non-hydrogen) atoms. The molecule has 1 atom stereocenters. The predicted octanol–water partition coefficient (Wildman–Crippen LogP) is 1.68. The lowest BCUT2D eigenvalue weighted by molar-refractivity contribution is 0.0845. The van der Waals surface area contributed by atoms with Gasteiger partial charge in [0.25, 0.3) is 11.8 Å². The van der Waals surface area contributed by atoms with Gasteiger partial charge in [-0.3, -0.25) is 9.59 Å². The van der Waals surface area contributed by atoms with E-state index in [1.165, 1.54) is 0 Å². The minimum Gasteiger partial charge on any atom is -0.376 e. The van der Waals surface area contributed by atoms with Crippen molar-refractivity contribution in [2.24, 2.45) is 0 Å². The molecule has 9 heteroatoms. The van der Waals surface area contributed by atoms with Gasteiger partial charge in [-0.15, -0.1) is 0 Å². The number of nitrogens with one attached hydrogen (secondary N) is 2. The van der Waals surface area contributed by atoms with E-state index < -0.39 is 0 Å². The summed E-state index contributed by atoms with van der Waals surface area (Å²) in [6.45, 7) is 3.63. The summed E-state index contributed by atoms with van der Waals surface area (Å²) in [6, 6.07) is 1.63. The van der Waals surface area contributed by atoms with Crippen LogP contribution in [0.25, 0.3) is 0 Å². The highest BCUT2D eigenvalue weighted by Crippen LogP contribution is 2.22. The van der Waals surface area contributed by atoms with Crippen LogP contribution in [-0.4, -0.2) is 45.8 Å². The van der Waals surface area contributed by atoms with Crippen LogP contribution in [0.3, 0.4) is 0 Å². The van der Waals surface area contributed by atoms with Crippen LogP contribution in [0.4, 0.5) is 5.82 Å². The average molecular weight is 373 g/mol. The van der Waals surface area contributed by atoms with Crippen molar-refractivity contribution in [2.45, 2.75) is 51.7 Å². The first-order chi connectivity index (χ1) is 13.1. The Morgan fingerprint density at radius 2 is 2.19 bits per heavy atom. The van der Waals surface area contributed by atoms with Gasteiger partial charge >= 0.3 is 0 Å². The fourth-order valence-electron chi connectivity index (χ4n) is 3.59. The Labute approximate surface area is 156 Å². The van der Waals surface area contributed by atoms with Gasteiger partial charge in [-0.1, -0.05) is 5.16 Å². The van der Waals surface area contributed by atoms with Crippen LogP contribution in [-0.2, 0) is 17.7 Å². The zero-order chi connectivity index (χ0) is 18.8. The van der Waals surface area contributed by atoms with E-state index >= 15 is 0 Å². The number of carbonyl (C=O) groups is 2. The standard InChI is InChI=1S/C18H23N5O4/c1-11-9-14(22-27-11)20-17(24)15-13-6-2-3-7-23(13)16(21-15)18(25)19-10-12-5-4-8-26-12/h9,12H,2-8,10H2,1H3,(H,19,25)(H,20,22,24). The van der Waals surface area contributed by atoms with Crippen molar-refractivity contribution in [1.29, 1.82) is 0 Å². The topological polar surface area (TPSA) is 111 Å². The smallest absolute Gasteiger partial charge is 0.287 e. The van der Waals surface area contributed by atoms with Crippen LogP contribution in [0.5, 0.6) is 0 Å². The lowest BCUT2D eigenvalue weighted by Gasteiger charge is -2.17. The summed E-state index contributed by atoms with van der Waals surface area (Å²) in [7, 11) is 0. The van der Waals surface area contributed by atoms with Gasteiger partial charge in [-0.2, -0.15) is 0 Å². The first-order valence-corrected chi connectivity index (χ1v) is 9.35. The van der Waals surface area contributed by atoms with E-state index in [1.807, 2.05) is 4.57 Å². The van der Waals surface area contributed by atoms with Gasteiger partial charge in [-0.25, -0.2) is 4.98 Å². The summed E-state index contributed by atoms with van der Waals surface area (Å²) in [4.78, 5) is 29.7. The minimum absolute atomic E-state index is 0.0583. The molecule has 1 unspecified atom stereocenters. The van der Waals surface area contributed by atoms with Gasteiger partial charge < -0.3 is 24.5 Å². The molecule has 1 fully saturated rings. The number of anilines is 1. The third kappa shape index (κ3) is 3.73. The van der Waals surface area contributed by atoms with Crippen molar-refractivity contribution in [3.63, 3.8) is 0 Å². The second-order valence-electron chi connectivity index (χ2n) is 6.96. The van der Waals surface area contributed by atoms with Crippen molar-refractivity contribution >= 4 is 17.6 Å². The summed E-state index contributed by atoms with van der Waals surface area (Å²) >= 11 is 0. The first kappa shape index (κ1) is 17.7. The quantitative estimate of drug-likeness (QED) is 0.825. The predicted molar refractivity (Wildman–Crippen MR) is 95.7 cm³/mol. The molecule has 0 aliphatic carbocycles. The number of aryl methyl sites for hydroxylation is 1. The van der Waals surface area contributed by atoms with Crippen molar-refractivity contribution in [3.8, 4) is 0 Å². The minimum atomic E-state index is -0.382. The number of rotatable bonds is 5. The fourth-order valence-corrected chi connectivity index (χ4v) is 3.59. The van der Waals surface area contributed by atoms with Gasteiger partial charge in [-0.05, 0) is 39.0 Å². The van der Waals surface area contributed by atoms with Crippen molar-refractivity contribution in [2.75, 3.05) is 18.5 Å². The lowest BCUT2D eigenvalue weighted by Crippen LogP contribution is -2.34. The molecule has 0 saturated carbocycles. The Bertz CT molecular complexity index is 850. The maximum atomic E-state index is 12.7. The third-order valence-electron chi connectivity index (χ3n) is 4.92. The molecule has 2 N–H and O–H groups in total. The van der Waals surface area contributed by atoms with Crippen molar-refractivity contribution < 1.29 is 18.8 Å². The number of ether oxygens (including phenoxy) is 1. The Kier molecular flexibility index (Phi) is 4.93. The molecular weight excluding hydrogens is 350 g/mol. The highest BCUT2D eigenvalue weighted by atomic mass is 16.5. The molecule has 2 aromatic heterocycles. The molecule has 1 saturated heterocycles. The molecule has 0 radical (unpaired) electrons. The first-order valence-electron chi connectivity index (χ1n) is 9.35. The zero-order valence-electron chi connectivity index (χ0n) is 15.3. The SMILES string of the molecule is Cc1cc(NC(=O)c2nc(C(=O)NCC3CCCO3)n3c2CCCC3)no1. The number of hydrogen-bond acceptors (Lipinski definition) is 6. The van der Waals surface area contributed by atoms with Gasteiger partial charge in [0.05, 0.1) is 11.8 Å². The van der Waals surface area contributed by atoms with Crippen LogP contribution in [0.2, 0.25) is 0 Å². The summed E-state index contributed by atoms with van der Waals surface area (Å²) in [5, 5.41) is 9.35. The molecule has 2 aliphatic rings. The van der Waals surface area contributed by atoms with Crippen LogP contribution in [0.15, 0.2) is 10.6 Å². The van der Waals surface area contributed by atoms with E-state index in [2.05, 4.69) is 20.8 Å². The molecule has 4 rings (SSSR count). The fraction of sp³-hybridized carbons (Fsp3) is 0.556. The number of hydrogen-bond donors (Lipinski definition) is 2. The van der Waals surface area contributed by atoms with Crippen LogP contribution in [0.1, 0.15) is 58.2 Å². The summed E-state index contributed by atoms with van der Waals surface area (Å²) < 4.78 is 12.4. The largest absolute Gasteiger partial charge is 0.376 e. The maximum absolute atomic E-state index is 12.7. The van der Waals surface area contributed by atoms with Crippen LogP contribution < -0.4 is 10.6 Å². The Balaban J connectivity index is 1.53. The molecule has 0 aromatic carbocycles. The molecule has 2 aromatic rings. The molecule has 2 aliphatic heterocycles. The van der Waals surface area contributed by atoms with E-state index in [1.54, 1.807) is 13.0 Å². The number of aromatic nitrogens is 3. The number of imidazole rings is 1. The normalized spacial score (nSPS) is 18.9. The van der Waals surface area contributed by atoms with Crippen LogP contribution >= 0.6 is 0 Å². The van der Waals surface area contributed by atoms with Crippen LogP contribution in [0, 0.1) is 6.92 Å². The van der Waals surface area contributed by atoms with Gasteiger partial charge in [0.15, 0.2) is 17.3 Å². The van der Waals surface area contributed by atoms with E-state index in [9.17, 15) is 9.59 Å². The highest BCUT2D eigenvalue weighted by Gasteiger charge is 2.28. The Morgan fingerprint density at radius 1 is 1.30 bits per heavy atom. The average Bonchev–Trinajstić information content (AvgIpc) is 3.39. The molecular formula is C18H23N5O4. The summed E-state index contributed by atoms with van der Waals surface area (Å²) in [6.07, 6.45) is 4.66. The molecule has 0 spiro atoms. The third-order valence-corrected chi connectivity index (χ3v) is 4.92. The molecule has 0 bridgehead atoms. The molecule has 2 amide bonds. The summed E-state index contributed by atoms with van der Waals surface area (Å²) in [5.74, 6) is 0.562. The number of carbonyl (C=O) groups excluding carboxylic acids is 2. The molecule has 144 valence electrons. The molecule has 4 heterocycles. The number of amides is 2. The van der Waals surface area contributed by atoms with Crippen molar-refractivity contribution in [1.82, 2.24) is 20.0 Å². The lowest BCUT2D eigenvalue weighted by atomic mass is 10.1. The number of fused-ring (bicyclic) bond motifs is 1. The maximum Gasteiger partial charge on any atom is 0.287 e. The highest BCUT2D eigenvalue weighted by molar-refractivity contribution is 6.04. The Hall–Kier alpha value is -2.68. The second-order valence-corrected chi connectivity index (χ2v) is 6.96. The number of nitrogens with zero attached hydrogens (tertiary/aromatic N) is 3.